The Hall–Kier alpha value is -3.16. The number of ether oxygens (including phenoxy) is 1. The van der Waals surface area contributed by atoms with Crippen molar-refractivity contribution in [2.24, 2.45) is 5.92 Å². The normalized spacial score (nSPS) is 16.5. The van der Waals surface area contributed by atoms with Crippen molar-refractivity contribution in [1.82, 2.24) is 20.4 Å². The second-order valence-corrected chi connectivity index (χ2v) is 7.80. The van der Waals surface area contributed by atoms with Crippen molar-refractivity contribution in [3.05, 3.63) is 41.3 Å². The summed E-state index contributed by atoms with van der Waals surface area (Å²) < 4.78 is 11.1. The predicted octanol–water partition coefficient (Wildman–Crippen LogP) is 3.42. The number of carbonyl (C=O) groups is 1. The van der Waals surface area contributed by atoms with Crippen molar-refractivity contribution < 1.29 is 14.1 Å². The molecule has 4 rings (SSSR count). The molecule has 2 aromatic heterocycles. The van der Waals surface area contributed by atoms with Crippen molar-refractivity contribution >= 4 is 22.8 Å². The van der Waals surface area contributed by atoms with Crippen LogP contribution in [0, 0.1) is 12.8 Å². The molecule has 0 unspecified atom stereocenters. The topological polar surface area (TPSA) is 93.4 Å². The van der Waals surface area contributed by atoms with Crippen LogP contribution >= 0.6 is 0 Å². The highest BCUT2D eigenvalue weighted by atomic mass is 16.5. The van der Waals surface area contributed by atoms with Gasteiger partial charge in [0, 0.05) is 25.2 Å². The number of hydrogen-bond donors (Lipinski definition) is 1. The standard InChI is InChI=1S/C23H29N5O3/c1-4-18-20-21(25-15(3)26-23(20)31-27-18)28-12-8-10-17(14-28)22(29)24-13-16-9-6-7-11-19(16)30-5-2/h6-7,9,11,17H,4-5,8,10,12-14H2,1-3H3,(H,24,29)/t17-/m1/s1. The number of benzene rings is 1. The number of piperidine rings is 1. The zero-order valence-corrected chi connectivity index (χ0v) is 18.4. The lowest BCUT2D eigenvalue weighted by Gasteiger charge is -2.33. The highest BCUT2D eigenvalue weighted by molar-refractivity contribution is 5.89. The number of amides is 1. The van der Waals surface area contributed by atoms with Gasteiger partial charge in [-0.1, -0.05) is 30.3 Å². The molecule has 164 valence electrons. The van der Waals surface area contributed by atoms with E-state index in [0.717, 1.165) is 54.0 Å². The Kier molecular flexibility index (Phi) is 6.34. The van der Waals surface area contributed by atoms with E-state index in [4.69, 9.17) is 14.2 Å². The van der Waals surface area contributed by atoms with E-state index in [1.54, 1.807) is 0 Å². The Balaban J connectivity index is 1.49. The summed E-state index contributed by atoms with van der Waals surface area (Å²) in [4.78, 5) is 24.2. The van der Waals surface area contributed by atoms with Gasteiger partial charge in [0.1, 0.15) is 22.8 Å². The molecule has 0 radical (unpaired) electrons. The van der Waals surface area contributed by atoms with Crippen LogP contribution in [0.3, 0.4) is 0 Å². The SMILES string of the molecule is CCOc1ccccc1CNC(=O)[C@@H]1CCCN(c2nc(C)nc3onc(CC)c23)C1. The van der Waals surface area contributed by atoms with E-state index in [1.165, 1.54) is 0 Å². The van der Waals surface area contributed by atoms with Gasteiger partial charge in [-0.2, -0.15) is 4.98 Å². The molecule has 0 bridgehead atoms. The van der Waals surface area contributed by atoms with Crippen LogP contribution in [0.1, 0.15) is 43.8 Å². The molecule has 3 heterocycles. The van der Waals surface area contributed by atoms with Gasteiger partial charge in [0.2, 0.25) is 5.91 Å². The molecule has 0 aliphatic carbocycles. The summed E-state index contributed by atoms with van der Waals surface area (Å²) in [5, 5.41) is 8.11. The maximum Gasteiger partial charge on any atom is 0.263 e. The number of nitrogens with zero attached hydrogens (tertiary/aromatic N) is 4. The van der Waals surface area contributed by atoms with Crippen LogP contribution in [0.5, 0.6) is 5.75 Å². The van der Waals surface area contributed by atoms with E-state index in [9.17, 15) is 4.79 Å². The Labute approximate surface area is 182 Å². The lowest BCUT2D eigenvalue weighted by Crippen LogP contribution is -2.43. The first-order chi connectivity index (χ1) is 15.1. The van der Waals surface area contributed by atoms with E-state index in [-0.39, 0.29) is 11.8 Å². The Morgan fingerprint density at radius 1 is 1.29 bits per heavy atom. The third-order valence-corrected chi connectivity index (χ3v) is 5.65. The van der Waals surface area contributed by atoms with Gasteiger partial charge in [-0.3, -0.25) is 4.79 Å². The molecule has 1 aliphatic rings. The number of nitrogens with one attached hydrogen (secondary N) is 1. The quantitative estimate of drug-likeness (QED) is 0.622. The Bertz CT molecular complexity index is 1060. The number of anilines is 1. The highest BCUT2D eigenvalue weighted by Gasteiger charge is 2.29. The molecule has 8 heteroatoms. The summed E-state index contributed by atoms with van der Waals surface area (Å²) >= 11 is 0. The van der Waals surface area contributed by atoms with Crippen molar-refractivity contribution in [3.63, 3.8) is 0 Å². The molecule has 1 saturated heterocycles. The summed E-state index contributed by atoms with van der Waals surface area (Å²) in [7, 11) is 0. The number of para-hydroxylation sites is 1. The minimum absolute atomic E-state index is 0.0547. The van der Waals surface area contributed by atoms with Crippen molar-refractivity contribution in [3.8, 4) is 5.75 Å². The molecule has 0 saturated carbocycles. The zero-order valence-electron chi connectivity index (χ0n) is 18.4. The minimum atomic E-state index is -0.108. The highest BCUT2D eigenvalue weighted by Crippen LogP contribution is 2.31. The summed E-state index contributed by atoms with van der Waals surface area (Å²) in [6, 6.07) is 7.81. The third kappa shape index (κ3) is 4.47. The molecule has 1 atom stereocenters. The summed E-state index contributed by atoms with van der Waals surface area (Å²) in [6.07, 6.45) is 2.52. The molecule has 1 amide bonds. The van der Waals surface area contributed by atoms with Gasteiger partial charge in [-0.15, -0.1) is 0 Å². The molecule has 1 aromatic carbocycles. The van der Waals surface area contributed by atoms with Crippen LogP contribution < -0.4 is 15.0 Å². The molecule has 0 spiro atoms. The first-order valence-corrected chi connectivity index (χ1v) is 11.0. The van der Waals surface area contributed by atoms with Gasteiger partial charge in [0.25, 0.3) is 5.71 Å². The van der Waals surface area contributed by atoms with E-state index in [2.05, 4.69) is 20.4 Å². The molecular weight excluding hydrogens is 394 g/mol. The largest absolute Gasteiger partial charge is 0.494 e. The molecule has 1 N–H and O–H groups in total. The molecule has 31 heavy (non-hydrogen) atoms. The number of carbonyl (C=O) groups excluding carboxylic acids is 1. The van der Waals surface area contributed by atoms with Gasteiger partial charge in [0.05, 0.1) is 18.2 Å². The fraction of sp³-hybridized carbons (Fsp3) is 0.478. The minimum Gasteiger partial charge on any atom is -0.494 e. The van der Waals surface area contributed by atoms with Crippen molar-refractivity contribution in [2.75, 3.05) is 24.6 Å². The summed E-state index contributed by atoms with van der Waals surface area (Å²) in [6.45, 7) is 8.34. The number of hydrogen-bond acceptors (Lipinski definition) is 7. The van der Waals surface area contributed by atoms with Crippen LogP contribution in [0.4, 0.5) is 5.82 Å². The van der Waals surface area contributed by atoms with Crippen LogP contribution in [0.25, 0.3) is 11.1 Å². The first kappa shape index (κ1) is 21.1. The van der Waals surface area contributed by atoms with Crippen LogP contribution in [0.2, 0.25) is 0 Å². The second-order valence-electron chi connectivity index (χ2n) is 7.80. The lowest BCUT2D eigenvalue weighted by atomic mass is 9.96. The van der Waals surface area contributed by atoms with Crippen LogP contribution in [-0.4, -0.2) is 40.7 Å². The number of aryl methyl sites for hydroxylation is 2. The second kappa shape index (κ2) is 9.32. The molecule has 1 aliphatic heterocycles. The number of aromatic nitrogens is 3. The van der Waals surface area contributed by atoms with E-state index >= 15 is 0 Å². The smallest absolute Gasteiger partial charge is 0.263 e. The lowest BCUT2D eigenvalue weighted by molar-refractivity contribution is -0.125. The van der Waals surface area contributed by atoms with Gasteiger partial charge in [-0.25, -0.2) is 4.98 Å². The zero-order chi connectivity index (χ0) is 21.8. The van der Waals surface area contributed by atoms with E-state index in [1.807, 2.05) is 45.0 Å². The maximum absolute atomic E-state index is 13.0. The molecular formula is C23H29N5O3. The van der Waals surface area contributed by atoms with Gasteiger partial charge >= 0.3 is 0 Å². The molecule has 1 fully saturated rings. The van der Waals surface area contributed by atoms with Gasteiger partial charge < -0.3 is 19.5 Å². The van der Waals surface area contributed by atoms with Crippen LogP contribution in [0.15, 0.2) is 28.8 Å². The third-order valence-electron chi connectivity index (χ3n) is 5.65. The number of fused-ring (bicyclic) bond motifs is 1. The van der Waals surface area contributed by atoms with Crippen molar-refractivity contribution in [1.29, 1.82) is 0 Å². The average Bonchev–Trinajstić information content (AvgIpc) is 3.21. The van der Waals surface area contributed by atoms with Crippen LogP contribution in [-0.2, 0) is 17.8 Å². The van der Waals surface area contributed by atoms with Gasteiger partial charge in [0.15, 0.2) is 0 Å². The summed E-state index contributed by atoms with van der Waals surface area (Å²) in [5.74, 6) is 2.22. The fourth-order valence-corrected chi connectivity index (χ4v) is 4.12. The van der Waals surface area contributed by atoms with Crippen molar-refractivity contribution in [2.45, 2.75) is 46.6 Å². The Morgan fingerprint density at radius 3 is 2.94 bits per heavy atom. The van der Waals surface area contributed by atoms with E-state index < -0.39 is 0 Å². The van der Waals surface area contributed by atoms with Gasteiger partial charge in [-0.05, 0) is 39.2 Å². The first-order valence-electron chi connectivity index (χ1n) is 11.0. The number of rotatable bonds is 7. The summed E-state index contributed by atoms with van der Waals surface area (Å²) in [5.41, 5.74) is 2.35. The average molecular weight is 424 g/mol. The predicted molar refractivity (Wildman–Crippen MR) is 118 cm³/mol. The monoisotopic (exact) mass is 423 g/mol. The maximum atomic E-state index is 13.0. The van der Waals surface area contributed by atoms with E-state index in [0.29, 0.717) is 31.2 Å². The fourth-order valence-electron chi connectivity index (χ4n) is 4.12. The molecule has 3 aromatic rings. The Morgan fingerprint density at radius 2 is 2.13 bits per heavy atom. The molecule has 8 nitrogen and oxygen atoms in total.